The first kappa shape index (κ1) is 30.1. The van der Waals surface area contributed by atoms with Gasteiger partial charge in [0.15, 0.2) is 28.4 Å². The van der Waals surface area contributed by atoms with Crippen molar-refractivity contribution in [2.75, 3.05) is 29.9 Å². The Morgan fingerprint density at radius 2 is 1.70 bits per heavy atom. The van der Waals surface area contributed by atoms with Gasteiger partial charge >= 0.3 is 0 Å². The molecule has 1 aromatic heterocycles. The van der Waals surface area contributed by atoms with Crippen LogP contribution in [0.5, 0.6) is 0 Å². The van der Waals surface area contributed by atoms with E-state index in [2.05, 4.69) is 15.3 Å². The maximum atomic E-state index is 12.7. The van der Waals surface area contributed by atoms with Gasteiger partial charge in [-0.1, -0.05) is 23.7 Å². The first-order chi connectivity index (χ1) is 14.7. The van der Waals surface area contributed by atoms with Crippen LogP contribution < -0.4 is 28.3 Å². The van der Waals surface area contributed by atoms with Crippen LogP contribution in [0.4, 0.5) is 17.3 Å². The number of amides is 2. The lowest BCUT2D eigenvalue weighted by Gasteiger charge is -2.20. The molecule has 0 spiro atoms. The topological polar surface area (TPSA) is 203 Å². The van der Waals surface area contributed by atoms with E-state index >= 15 is 0 Å². The number of aromatic nitrogens is 2. The van der Waals surface area contributed by atoms with Gasteiger partial charge in [-0.2, -0.15) is 0 Å². The highest BCUT2D eigenvalue weighted by atomic mass is 35.5. The number of hydrogen-bond donors (Lipinski definition) is 6. The summed E-state index contributed by atoms with van der Waals surface area (Å²) in [5.41, 5.74) is 23.7. The number of halogens is 3. The Morgan fingerprint density at radius 1 is 1.06 bits per heavy atom. The van der Waals surface area contributed by atoms with Gasteiger partial charge < -0.3 is 28.3 Å². The number of rotatable bonds is 9. The molecule has 2 aromatic rings. The van der Waals surface area contributed by atoms with Crippen molar-refractivity contribution in [2.24, 2.45) is 11.5 Å². The SMILES string of the molecule is Cl.Cl.N=C(N)N(CCCCc1ccc(NC(=O)CCN)cc1)C(=O)c1nc(Cl)c(N)nc1N. The van der Waals surface area contributed by atoms with Crippen molar-refractivity contribution in [2.45, 2.75) is 25.7 Å². The molecule has 182 valence electrons. The standard InChI is InChI=1S/C19H26ClN9O2.2ClH/c20-15-17(23)28-16(22)14(27-15)18(31)29(19(24)25)10-2-1-3-11-4-6-12(7-5-11)26-13(30)8-9-21;;/h4-7H,1-3,8-10,21H2,(H3,24,25)(H,26,30)(H4,22,23,28);2*1H. The average molecular weight is 521 g/mol. The number of unbranched alkanes of at least 4 members (excludes halogenated alkanes) is 1. The molecule has 33 heavy (non-hydrogen) atoms. The summed E-state index contributed by atoms with van der Waals surface area (Å²) >= 11 is 5.82. The van der Waals surface area contributed by atoms with Gasteiger partial charge in [-0.05, 0) is 37.0 Å². The minimum atomic E-state index is -0.669. The Labute approximate surface area is 208 Å². The molecule has 1 heterocycles. The van der Waals surface area contributed by atoms with E-state index in [0.717, 1.165) is 23.3 Å². The number of carbonyl (C=O) groups is 2. The molecule has 0 saturated carbocycles. The highest BCUT2D eigenvalue weighted by Crippen LogP contribution is 2.19. The molecular weight excluding hydrogens is 493 g/mol. The van der Waals surface area contributed by atoms with Crippen LogP contribution in [0.25, 0.3) is 0 Å². The molecule has 0 bridgehead atoms. The van der Waals surface area contributed by atoms with Crippen molar-refractivity contribution >= 4 is 71.5 Å². The van der Waals surface area contributed by atoms with E-state index in [1.165, 1.54) is 0 Å². The van der Waals surface area contributed by atoms with Gasteiger partial charge in [-0.15, -0.1) is 24.8 Å². The molecule has 0 radical (unpaired) electrons. The molecule has 0 atom stereocenters. The van der Waals surface area contributed by atoms with Gasteiger partial charge in [-0.25, -0.2) is 9.97 Å². The Hall–Kier alpha value is -2.86. The maximum absolute atomic E-state index is 12.7. The Morgan fingerprint density at radius 3 is 2.27 bits per heavy atom. The molecule has 0 fully saturated rings. The van der Waals surface area contributed by atoms with Crippen LogP contribution in [0.15, 0.2) is 24.3 Å². The second-order valence-electron chi connectivity index (χ2n) is 6.72. The summed E-state index contributed by atoms with van der Waals surface area (Å²) in [6.07, 6.45) is 2.33. The van der Waals surface area contributed by atoms with E-state index in [9.17, 15) is 9.59 Å². The Kier molecular flexibility index (Phi) is 13.1. The van der Waals surface area contributed by atoms with E-state index in [4.69, 9.17) is 39.9 Å². The fourth-order valence-corrected chi connectivity index (χ4v) is 2.89. The molecular formula is C19H28Cl3N9O2. The normalized spacial score (nSPS) is 9.88. The zero-order chi connectivity index (χ0) is 23.0. The van der Waals surface area contributed by atoms with Crippen molar-refractivity contribution in [1.29, 1.82) is 5.41 Å². The third-order valence-corrected chi connectivity index (χ3v) is 4.63. The highest BCUT2D eigenvalue weighted by Gasteiger charge is 2.23. The van der Waals surface area contributed by atoms with E-state index in [1.807, 2.05) is 24.3 Å². The van der Waals surface area contributed by atoms with E-state index in [-0.39, 0.29) is 66.2 Å². The van der Waals surface area contributed by atoms with E-state index in [1.54, 1.807) is 0 Å². The molecule has 0 unspecified atom stereocenters. The molecule has 0 aliphatic rings. The fourth-order valence-electron chi connectivity index (χ4n) is 2.77. The van der Waals surface area contributed by atoms with Gasteiger partial charge in [-0.3, -0.25) is 19.9 Å². The average Bonchev–Trinajstić information content (AvgIpc) is 2.71. The van der Waals surface area contributed by atoms with Crippen LogP contribution in [0.1, 0.15) is 35.3 Å². The summed E-state index contributed by atoms with van der Waals surface area (Å²) in [6, 6.07) is 7.47. The van der Waals surface area contributed by atoms with Crippen molar-refractivity contribution in [1.82, 2.24) is 14.9 Å². The quantitative estimate of drug-likeness (QED) is 0.163. The largest absolute Gasteiger partial charge is 0.382 e. The molecule has 0 aliphatic carbocycles. The molecule has 0 saturated heterocycles. The van der Waals surface area contributed by atoms with E-state index < -0.39 is 11.9 Å². The van der Waals surface area contributed by atoms with E-state index in [0.29, 0.717) is 18.7 Å². The van der Waals surface area contributed by atoms with Gasteiger partial charge in [0.2, 0.25) is 5.91 Å². The van der Waals surface area contributed by atoms with Crippen LogP contribution in [-0.2, 0) is 11.2 Å². The monoisotopic (exact) mass is 519 g/mol. The molecule has 1 aromatic carbocycles. The van der Waals surface area contributed by atoms with Crippen LogP contribution in [0, 0.1) is 5.41 Å². The van der Waals surface area contributed by atoms with Crippen LogP contribution in [-0.4, -0.2) is 45.7 Å². The summed E-state index contributed by atoms with van der Waals surface area (Å²) in [7, 11) is 0. The maximum Gasteiger partial charge on any atom is 0.283 e. The second kappa shape index (κ2) is 14.3. The van der Waals surface area contributed by atoms with Crippen molar-refractivity contribution in [3.05, 3.63) is 40.7 Å². The number of guanidine groups is 1. The zero-order valence-electron chi connectivity index (χ0n) is 17.7. The van der Waals surface area contributed by atoms with Crippen molar-refractivity contribution in [3.8, 4) is 0 Å². The van der Waals surface area contributed by atoms with Gasteiger partial charge in [0.05, 0.1) is 0 Å². The summed E-state index contributed by atoms with van der Waals surface area (Å²) in [5.74, 6) is -1.50. The Bertz CT molecular complexity index is 958. The molecule has 2 rings (SSSR count). The summed E-state index contributed by atoms with van der Waals surface area (Å²) in [5, 5.41) is 10.3. The third kappa shape index (κ3) is 8.89. The number of nitrogens with one attached hydrogen (secondary N) is 2. The Balaban J connectivity index is 0.00000512. The predicted octanol–water partition coefficient (Wildman–Crippen LogP) is 1.78. The van der Waals surface area contributed by atoms with Gasteiger partial charge in [0, 0.05) is 25.2 Å². The first-order valence-corrected chi connectivity index (χ1v) is 9.94. The smallest absolute Gasteiger partial charge is 0.283 e. The second-order valence-corrected chi connectivity index (χ2v) is 7.07. The number of anilines is 3. The van der Waals surface area contributed by atoms with Crippen LogP contribution in [0.2, 0.25) is 5.15 Å². The molecule has 11 nitrogen and oxygen atoms in total. The van der Waals surface area contributed by atoms with Crippen LogP contribution in [0.3, 0.4) is 0 Å². The highest BCUT2D eigenvalue weighted by molar-refractivity contribution is 6.31. The number of nitrogens with two attached hydrogens (primary N) is 4. The lowest BCUT2D eigenvalue weighted by molar-refractivity contribution is -0.116. The molecule has 10 N–H and O–H groups in total. The number of aryl methyl sites for hydroxylation is 1. The van der Waals surface area contributed by atoms with Crippen molar-refractivity contribution < 1.29 is 9.59 Å². The lowest BCUT2D eigenvalue weighted by atomic mass is 10.1. The van der Waals surface area contributed by atoms with Gasteiger partial charge in [0.25, 0.3) is 5.91 Å². The van der Waals surface area contributed by atoms with Crippen molar-refractivity contribution in [3.63, 3.8) is 0 Å². The molecule has 0 aliphatic heterocycles. The first-order valence-electron chi connectivity index (χ1n) is 9.56. The lowest BCUT2D eigenvalue weighted by Crippen LogP contribution is -2.42. The third-order valence-electron chi connectivity index (χ3n) is 4.35. The van der Waals surface area contributed by atoms with Crippen LogP contribution >= 0.6 is 36.4 Å². The molecule has 2 amide bonds. The minimum absolute atomic E-state index is 0. The number of nitrogens with zero attached hydrogens (tertiary/aromatic N) is 3. The zero-order valence-corrected chi connectivity index (χ0v) is 20.1. The summed E-state index contributed by atoms with van der Waals surface area (Å²) < 4.78 is 0. The van der Waals surface area contributed by atoms with Gasteiger partial charge in [0.1, 0.15) is 0 Å². The fraction of sp³-hybridized carbons (Fsp3) is 0.316. The molecule has 14 heteroatoms. The minimum Gasteiger partial charge on any atom is -0.382 e. The summed E-state index contributed by atoms with van der Waals surface area (Å²) in [4.78, 5) is 32.9. The number of carbonyl (C=O) groups excluding carboxylic acids is 2. The predicted molar refractivity (Wildman–Crippen MR) is 135 cm³/mol. The number of hydrogen-bond acceptors (Lipinski definition) is 8. The number of nitrogen functional groups attached to an aromatic ring is 2. The number of benzene rings is 1. The summed E-state index contributed by atoms with van der Waals surface area (Å²) in [6.45, 7) is 0.499.